The van der Waals surface area contributed by atoms with Crippen molar-refractivity contribution in [2.24, 2.45) is 0 Å². The number of aromatic nitrogens is 1. The van der Waals surface area contributed by atoms with Gasteiger partial charge >= 0.3 is 0 Å². The van der Waals surface area contributed by atoms with Crippen LogP contribution in [0.3, 0.4) is 0 Å². The van der Waals surface area contributed by atoms with Crippen LogP contribution in [0.2, 0.25) is 0 Å². The quantitative estimate of drug-likeness (QED) is 0.608. The minimum Gasteiger partial charge on any atom is -0.372 e. The van der Waals surface area contributed by atoms with E-state index in [1.54, 1.807) is 0 Å². The zero-order chi connectivity index (χ0) is 7.52. The van der Waals surface area contributed by atoms with E-state index in [0.717, 1.165) is 18.7 Å². The number of rotatable bonds is 1. The van der Waals surface area contributed by atoms with Crippen LogP contribution in [0, 0.1) is 0 Å². The van der Waals surface area contributed by atoms with E-state index in [1.807, 2.05) is 24.4 Å². The highest BCUT2D eigenvalue weighted by atomic mass is 16.5. The van der Waals surface area contributed by atoms with E-state index in [4.69, 9.17) is 4.74 Å². The molecule has 0 spiro atoms. The van der Waals surface area contributed by atoms with Gasteiger partial charge in [0.15, 0.2) is 0 Å². The first-order valence-electron chi connectivity index (χ1n) is 3.99. The molecule has 1 fully saturated rings. The summed E-state index contributed by atoms with van der Waals surface area (Å²) in [4.78, 5) is 4.24. The van der Waals surface area contributed by atoms with Gasteiger partial charge in [-0.2, -0.15) is 0 Å². The summed E-state index contributed by atoms with van der Waals surface area (Å²) in [7, 11) is 0. The van der Waals surface area contributed by atoms with Crippen LogP contribution in [0.5, 0.6) is 0 Å². The lowest BCUT2D eigenvalue weighted by atomic mass is 10.2. The maximum Gasteiger partial charge on any atom is 0.0995 e. The maximum absolute atomic E-state index is 5.48. The molecule has 2 heteroatoms. The molecule has 1 aliphatic rings. The molecule has 0 saturated carbocycles. The third-order valence-electron chi connectivity index (χ3n) is 1.95. The summed E-state index contributed by atoms with van der Waals surface area (Å²) in [5.41, 5.74) is 1.07. The van der Waals surface area contributed by atoms with Crippen molar-refractivity contribution >= 4 is 0 Å². The van der Waals surface area contributed by atoms with Gasteiger partial charge in [-0.1, -0.05) is 6.07 Å². The Kier molecular flexibility index (Phi) is 1.86. The molecule has 1 saturated heterocycles. The van der Waals surface area contributed by atoms with Gasteiger partial charge < -0.3 is 4.74 Å². The average Bonchev–Trinajstić information content (AvgIpc) is 2.58. The minimum absolute atomic E-state index is 0.260. The van der Waals surface area contributed by atoms with Crippen molar-refractivity contribution in [2.45, 2.75) is 18.9 Å². The summed E-state index contributed by atoms with van der Waals surface area (Å²) in [5, 5.41) is 0. The van der Waals surface area contributed by atoms with E-state index < -0.39 is 0 Å². The Labute approximate surface area is 66.2 Å². The summed E-state index contributed by atoms with van der Waals surface area (Å²) in [6.45, 7) is 0.890. The fraction of sp³-hybridized carbons (Fsp3) is 0.444. The van der Waals surface area contributed by atoms with Gasteiger partial charge in [0, 0.05) is 12.8 Å². The summed E-state index contributed by atoms with van der Waals surface area (Å²) < 4.78 is 5.48. The fourth-order valence-electron chi connectivity index (χ4n) is 1.38. The second-order valence-electron chi connectivity index (χ2n) is 2.76. The molecular weight excluding hydrogens is 138 g/mol. The minimum atomic E-state index is 0.260. The topological polar surface area (TPSA) is 22.1 Å². The van der Waals surface area contributed by atoms with Gasteiger partial charge in [-0.25, -0.2) is 0 Å². The molecule has 58 valence electrons. The van der Waals surface area contributed by atoms with Crippen molar-refractivity contribution in [3.63, 3.8) is 0 Å². The van der Waals surface area contributed by atoms with Crippen LogP contribution in [0.4, 0.5) is 0 Å². The highest BCUT2D eigenvalue weighted by Crippen LogP contribution is 2.26. The highest BCUT2D eigenvalue weighted by Gasteiger charge is 2.17. The zero-order valence-electron chi connectivity index (χ0n) is 6.36. The van der Waals surface area contributed by atoms with Crippen molar-refractivity contribution < 1.29 is 4.74 Å². The van der Waals surface area contributed by atoms with Crippen molar-refractivity contribution in [2.75, 3.05) is 6.61 Å². The number of hydrogen-bond donors (Lipinski definition) is 0. The van der Waals surface area contributed by atoms with Crippen molar-refractivity contribution in [3.8, 4) is 0 Å². The van der Waals surface area contributed by atoms with Crippen LogP contribution in [0.1, 0.15) is 24.6 Å². The van der Waals surface area contributed by atoms with Gasteiger partial charge in [-0.05, 0) is 25.0 Å². The van der Waals surface area contributed by atoms with Crippen molar-refractivity contribution in [1.29, 1.82) is 0 Å². The standard InChI is InChI=1S/C9H11NO/c1-2-6-10-8(4-1)9-5-3-7-11-9/h1-2,4,6,9H,3,5,7H2. The molecule has 2 heterocycles. The molecule has 0 aromatic carbocycles. The molecule has 2 rings (SSSR count). The first kappa shape index (κ1) is 6.80. The van der Waals surface area contributed by atoms with Crippen LogP contribution in [0.15, 0.2) is 24.4 Å². The third kappa shape index (κ3) is 1.40. The molecule has 0 aliphatic carbocycles. The molecule has 0 amide bonds. The van der Waals surface area contributed by atoms with Crippen LogP contribution < -0.4 is 0 Å². The molecule has 0 radical (unpaired) electrons. The third-order valence-corrected chi connectivity index (χ3v) is 1.95. The van der Waals surface area contributed by atoms with Crippen LogP contribution in [-0.2, 0) is 4.74 Å². The van der Waals surface area contributed by atoms with Crippen molar-refractivity contribution in [1.82, 2.24) is 4.98 Å². The van der Waals surface area contributed by atoms with Gasteiger partial charge in [0.25, 0.3) is 0 Å². The van der Waals surface area contributed by atoms with Gasteiger partial charge in [0.05, 0.1) is 11.8 Å². The summed E-state index contributed by atoms with van der Waals surface area (Å²) >= 11 is 0. The van der Waals surface area contributed by atoms with Gasteiger partial charge in [0.1, 0.15) is 0 Å². The molecule has 1 aliphatic heterocycles. The molecule has 11 heavy (non-hydrogen) atoms. The Morgan fingerprint density at radius 3 is 3.09 bits per heavy atom. The van der Waals surface area contributed by atoms with E-state index in [2.05, 4.69) is 4.98 Å². The van der Waals surface area contributed by atoms with Crippen molar-refractivity contribution in [3.05, 3.63) is 30.1 Å². The monoisotopic (exact) mass is 149 g/mol. The molecule has 1 atom stereocenters. The predicted octanol–water partition coefficient (Wildman–Crippen LogP) is 1.93. The SMILES string of the molecule is c1ccc(C2CCCO2)nc1. The van der Waals surface area contributed by atoms with Gasteiger partial charge in [-0.15, -0.1) is 0 Å². The van der Waals surface area contributed by atoms with Crippen LogP contribution >= 0.6 is 0 Å². The fourth-order valence-corrected chi connectivity index (χ4v) is 1.38. The lowest BCUT2D eigenvalue weighted by Crippen LogP contribution is -1.97. The number of pyridine rings is 1. The molecule has 0 N–H and O–H groups in total. The van der Waals surface area contributed by atoms with E-state index in [-0.39, 0.29) is 6.10 Å². The summed E-state index contributed by atoms with van der Waals surface area (Å²) in [6.07, 6.45) is 4.37. The van der Waals surface area contributed by atoms with Crippen LogP contribution in [-0.4, -0.2) is 11.6 Å². The maximum atomic E-state index is 5.48. The Balaban J connectivity index is 2.16. The predicted molar refractivity (Wildman–Crippen MR) is 42.2 cm³/mol. The zero-order valence-corrected chi connectivity index (χ0v) is 6.36. The molecule has 1 aromatic rings. The molecule has 2 nitrogen and oxygen atoms in total. The Morgan fingerprint density at radius 2 is 2.45 bits per heavy atom. The number of nitrogens with zero attached hydrogens (tertiary/aromatic N) is 1. The largest absolute Gasteiger partial charge is 0.372 e. The normalized spacial score (nSPS) is 23.8. The first-order chi connectivity index (χ1) is 5.47. The molecule has 1 aromatic heterocycles. The van der Waals surface area contributed by atoms with E-state index in [0.29, 0.717) is 0 Å². The smallest absolute Gasteiger partial charge is 0.0995 e. The second kappa shape index (κ2) is 3.01. The lowest BCUT2D eigenvalue weighted by Gasteiger charge is -2.06. The van der Waals surface area contributed by atoms with E-state index in [9.17, 15) is 0 Å². The molecular formula is C9H11NO. The van der Waals surface area contributed by atoms with E-state index in [1.165, 1.54) is 6.42 Å². The Hall–Kier alpha value is -0.890. The number of ether oxygens (including phenoxy) is 1. The Bertz CT molecular complexity index is 216. The first-order valence-corrected chi connectivity index (χ1v) is 3.99. The second-order valence-corrected chi connectivity index (χ2v) is 2.76. The summed E-state index contributed by atoms with van der Waals surface area (Å²) in [5.74, 6) is 0. The average molecular weight is 149 g/mol. The summed E-state index contributed by atoms with van der Waals surface area (Å²) in [6, 6.07) is 5.96. The Morgan fingerprint density at radius 1 is 1.45 bits per heavy atom. The van der Waals surface area contributed by atoms with E-state index >= 15 is 0 Å². The van der Waals surface area contributed by atoms with Crippen LogP contribution in [0.25, 0.3) is 0 Å². The molecule has 1 unspecified atom stereocenters. The lowest BCUT2D eigenvalue weighted by molar-refractivity contribution is 0.108. The highest BCUT2D eigenvalue weighted by molar-refractivity contribution is 5.07. The number of hydrogen-bond acceptors (Lipinski definition) is 2. The van der Waals surface area contributed by atoms with Gasteiger partial charge in [0.2, 0.25) is 0 Å². The van der Waals surface area contributed by atoms with Gasteiger partial charge in [-0.3, -0.25) is 4.98 Å². The molecule has 0 bridgehead atoms.